The fourth-order valence-corrected chi connectivity index (χ4v) is 4.37. The third kappa shape index (κ3) is 4.98. The molecule has 0 bridgehead atoms. The number of amides is 1. The van der Waals surface area contributed by atoms with Gasteiger partial charge in [0.2, 0.25) is 0 Å². The fourth-order valence-electron chi connectivity index (χ4n) is 3.34. The maximum atomic E-state index is 12.8. The van der Waals surface area contributed by atoms with E-state index >= 15 is 0 Å². The SMILES string of the molecule is CCOC(=O)Cn1c(=NC(=O)c2ccc(Cc3ccccc3)cc2)sc2ccccc21. The number of esters is 1. The van der Waals surface area contributed by atoms with Gasteiger partial charge in [-0.05, 0) is 48.7 Å². The number of carbonyl (C=O) groups excluding carboxylic acids is 2. The number of fused-ring (bicyclic) bond motifs is 1. The van der Waals surface area contributed by atoms with Crippen molar-refractivity contribution in [1.82, 2.24) is 4.57 Å². The van der Waals surface area contributed by atoms with Crippen molar-refractivity contribution >= 4 is 33.4 Å². The van der Waals surface area contributed by atoms with E-state index in [0.717, 1.165) is 22.2 Å². The highest BCUT2D eigenvalue weighted by molar-refractivity contribution is 7.16. The number of ether oxygens (including phenoxy) is 1. The zero-order valence-electron chi connectivity index (χ0n) is 17.2. The van der Waals surface area contributed by atoms with E-state index in [0.29, 0.717) is 17.0 Å². The van der Waals surface area contributed by atoms with E-state index in [4.69, 9.17) is 4.74 Å². The summed E-state index contributed by atoms with van der Waals surface area (Å²) in [6.45, 7) is 2.09. The second-order valence-corrected chi connectivity index (χ2v) is 8.03. The average Bonchev–Trinajstić information content (AvgIpc) is 3.12. The molecule has 4 rings (SSSR count). The number of hydrogen-bond donors (Lipinski definition) is 0. The smallest absolute Gasteiger partial charge is 0.326 e. The largest absolute Gasteiger partial charge is 0.465 e. The van der Waals surface area contributed by atoms with Crippen LogP contribution in [0.3, 0.4) is 0 Å². The third-order valence-electron chi connectivity index (χ3n) is 4.83. The van der Waals surface area contributed by atoms with Crippen molar-refractivity contribution in [2.45, 2.75) is 19.9 Å². The van der Waals surface area contributed by atoms with Gasteiger partial charge in [-0.3, -0.25) is 9.59 Å². The van der Waals surface area contributed by atoms with Crippen LogP contribution in [0.4, 0.5) is 0 Å². The van der Waals surface area contributed by atoms with Gasteiger partial charge in [0.25, 0.3) is 5.91 Å². The summed E-state index contributed by atoms with van der Waals surface area (Å²) in [5, 5.41) is 0. The van der Waals surface area contributed by atoms with E-state index in [1.165, 1.54) is 16.9 Å². The van der Waals surface area contributed by atoms with Crippen LogP contribution in [0.2, 0.25) is 0 Å². The van der Waals surface area contributed by atoms with Gasteiger partial charge in [-0.1, -0.05) is 65.9 Å². The molecule has 6 heteroatoms. The van der Waals surface area contributed by atoms with Gasteiger partial charge in [0.05, 0.1) is 16.8 Å². The lowest BCUT2D eigenvalue weighted by Gasteiger charge is -2.05. The number of hydrogen-bond acceptors (Lipinski definition) is 4. The van der Waals surface area contributed by atoms with E-state index in [9.17, 15) is 9.59 Å². The van der Waals surface area contributed by atoms with Crippen LogP contribution in [0, 0.1) is 0 Å². The minimum absolute atomic E-state index is 0.0139. The molecule has 0 saturated carbocycles. The van der Waals surface area contributed by atoms with Crippen LogP contribution in [0.25, 0.3) is 10.2 Å². The number of nitrogens with zero attached hydrogens (tertiary/aromatic N) is 2. The molecule has 0 aliphatic carbocycles. The molecular formula is C25H22N2O3S. The van der Waals surface area contributed by atoms with E-state index in [1.54, 1.807) is 23.6 Å². The van der Waals surface area contributed by atoms with Gasteiger partial charge in [0.15, 0.2) is 4.80 Å². The first-order valence-corrected chi connectivity index (χ1v) is 10.9. The fraction of sp³-hybridized carbons (Fsp3) is 0.160. The van der Waals surface area contributed by atoms with Gasteiger partial charge in [-0.25, -0.2) is 0 Å². The summed E-state index contributed by atoms with van der Waals surface area (Å²) < 4.78 is 7.78. The first-order chi connectivity index (χ1) is 15.1. The summed E-state index contributed by atoms with van der Waals surface area (Å²) in [5.41, 5.74) is 3.71. The first-order valence-electron chi connectivity index (χ1n) is 10.1. The van der Waals surface area contributed by atoms with Crippen LogP contribution in [0.5, 0.6) is 0 Å². The molecular weight excluding hydrogens is 408 g/mol. The summed E-state index contributed by atoms with van der Waals surface area (Å²) >= 11 is 1.38. The molecule has 0 saturated heterocycles. The van der Waals surface area contributed by atoms with Gasteiger partial charge in [0.1, 0.15) is 6.54 Å². The molecule has 1 amide bonds. The highest BCUT2D eigenvalue weighted by Crippen LogP contribution is 2.17. The van der Waals surface area contributed by atoms with Gasteiger partial charge >= 0.3 is 5.97 Å². The van der Waals surface area contributed by atoms with Crippen LogP contribution in [0.1, 0.15) is 28.4 Å². The molecule has 31 heavy (non-hydrogen) atoms. The lowest BCUT2D eigenvalue weighted by Crippen LogP contribution is -2.23. The number of thiazole rings is 1. The zero-order chi connectivity index (χ0) is 21.6. The van der Waals surface area contributed by atoms with E-state index in [2.05, 4.69) is 17.1 Å². The predicted molar refractivity (Wildman–Crippen MR) is 122 cm³/mol. The van der Waals surface area contributed by atoms with Crippen LogP contribution < -0.4 is 4.80 Å². The Morgan fingerprint density at radius 2 is 1.58 bits per heavy atom. The molecule has 0 N–H and O–H groups in total. The van der Waals surface area contributed by atoms with Crippen LogP contribution in [-0.2, 0) is 22.5 Å². The highest BCUT2D eigenvalue weighted by atomic mass is 32.1. The number of rotatable bonds is 6. The summed E-state index contributed by atoms with van der Waals surface area (Å²) in [5.74, 6) is -0.694. The summed E-state index contributed by atoms with van der Waals surface area (Å²) in [4.78, 5) is 29.7. The molecule has 0 unspecified atom stereocenters. The van der Waals surface area contributed by atoms with Crippen LogP contribution >= 0.6 is 11.3 Å². The molecule has 0 radical (unpaired) electrons. The summed E-state index contributed by atoms with van der Waals surface area (Å²) in [6.07, 6.45) is 0.808. The Labute approximate surface area is 184 Å². The number of aromatic nitrogens is 1. The lowest BCUT2D eigenvalue weighted by atomic mass is 10.0. The number of carbonyl (C=O) groups is 2. The maximum absolute atomic E-state index is 12.8. The van der Waals surface area contributed by atoms with Crippen molar-refractivity contribution in [1.29, 1.82) is 0 Å². The minimum Gasteiger partial charge on any atom is -0.465 e. The van der Waals surface area contributed by atoms with E-state index in [1.807, 2.05) is 54.6 Å². The van der Waals surface area contributed by atoms with Gasteiger partial charge in [-0.2, -0.15) is 4.99 Å². The lowest BCUT2D eigenvalue weighted by molar-refractivity contribution is -0.143. The van der Waals surface area contributed by atoms with Gasteiger partial charge < -0.3 is 9.30 Å². The van der Waals surface area contributed by atoms with Crippen LogP contribution in [0.15, 0.2) is 83.9 Å². The predicted octanol–water partition coefficient (Wildman–Crippen LogP) is 4.60. The molecule has 3 aromatic carbocycles. The Hall–Kier alpha value is -3.51. The Morgan fingerprint density at radius 3 is 2.32 bits per heavy atom. The average molecular weight is 431 g/mol. The number of para-hydroxylation sites is 1. The van der Waals surface area contributed by atoms with Crippen molar-refractivity contribution in [3.05, 3.63) is 100 Å². The zero-order valence-corrected chi connectivity index (χ0v) is 18.0. The maximum Gasteiger partial charge on any atom is 0.326 e. The molecule has 5 nitrogen and oxygen atoms in total. The van der Waals surface area contributed by atoms with Gasteiger partial charge in [-0.15, -0.1) is 0 Å². The van der Waals surface area contributed by atoms with E-state index < -0.39 is 0 Å². The van der Waals surface area contributed by atoms with Crippen molar-refractivity contribution in [2.75, 3.05) is 6.61 Å². The Kier molecular flexibility index (Phi) is 6.38. The van der Waals surface area contributed by atoms with Crippen molar-refractivity contribution in [2.24, 2.45) is 4.99 Å². The molecule has 0 aliphatic heterocycles. The van der Waals surface area contributed by atoms with E-state index in [-0.39, 0.29) is 18.4 Å². The second-order valence-electron chi connectivity index (χ2n) is 7.02. The quantitative estimate of drug-likeness (QED) is 0.420. The van der Waals surface area contributed by atoms with Crippen molar-refractivity contribution in [3.8, 4) is 0 Å². The molecule has 0 fully saturated rings. The number of benzene rings is 3. The van der Waals surface area contributed by atoms with Crippen LogP contribution in [-0.4, -0.2) is 23.1 Å². The molecule has 1 aromatic heterocycles. The molecule has 4 aromatic rings. The second kappa shape index (κ2) is 9.53. The summed E-state index contributed by atoms with van der Waals surface area (Å²) in [6, 6.07) is 25.4. The molecule has 156 valence electrons. The topological polar surface area (TPSA) is 60.7 Å². The highest BCUT2D eigenvalue weighted by Gasteiger charge is 2.12. The Bertz CT molecular complexity index is 1270. The molecule has 0 atom stereocenters. The first kappa shape index (κ1) is 20.8. The van der Waals surface area contributed by atoms with Crippen molar-refractivity contribution < 1.29 is 14.3 Å². The molecule has 0 spiro atoms. The normalized spacial score (nSPS) is 11.6. The van der Waals surface area contributed by atoms with Crippen molar-refractivity contribution in [3.63, 3.8) is 0 Å². The standard InChI is InChI=1S/C25H22N2O3S/c1-2-30-23(28)17-27-21-10-6-7-11-22(21)31-25(27)26-24(29)20-14-12-19(13-15-20)16-18-8-4-3-5-9-18/h3-15H,2,16-17H2,1H3. The molecule has 0 aliphatic rings. The third-order valence-corrected chi connectivity index (χ3v) is 5.89. The Morgan fingerprint density at radius 1 is 0.903 bits per heavy atom. The van der Waals surface area contributed by atoms with Gasteiger partial charge in [0, 0.05) is 5.56 Å². The minimum atomic E-state index is -0.356. The summed E-state index contributed by atoms with van der Waals surface area (Å²) in [7, 11) is 0. The molecule has 1 heterocycles. The Balaban J connectivity index is 1.62. The monoisotopic (exact) mass is 430 g/mol.